The van der Waals surface area contributed by atoms with Crippen molar-refractivity contribution in [3.8, 4) is 39.1 Å². The quantitative estimate of drug-likeness (QED) is 0.174. The SMILES string of the molecule is Cc1ccc(Nc2cc3c(cc2-c2cc(-c4ccc5c(c4)sc4ccccc45)c4c5c6ccccc6ccc5n5c4c2Bc2cc(C)ccc2-5)-c2cc4c(cc2C3(C)C)C(C)(C)CCC4(C)C)cc1. The summed E-state index contributed by atoms with van der Waals surface area (Å²) in [6.07, 6.45) is 2.39. The van der Waals surface area contributed by atoms with Crippen LogP contribution in [0.25, 0.3) is 91.8 Å². The van der Waals surface area contributed by atoms with Gasteiger partial charge in [0.05, 0.1) is 5.52 Å². The highest BCUT2D eigenvalue weighted by Gasteiger charge is 2.43. The fourth-order valence-corrected chi connectivity index (χ4v) is 14.2. The molecule has 3 heterocycles. The maximum Gasteiger partial charge on any atom is 0.198 e. The van der Waals surface area contributed by atoms with Crippen LogP contribution in [-0.4, -0.2) is 11.8 Å². The Kier molecular flexibility index (Phi) is 8.41. The van der Waals surface area contributed by atoms with Gasteiger partial charge in [0.2, 0.25) is 0 Å². The van der Waals surface area contributed by atoms with Crippen molar-refractivity contribution in [2.75, 3.05) is 5.32 Å². The molecule has 2 aromatic heterocycles. The van der Waals surface area contributed by atoms with Crippen LogP contribution in [0.4, 0.5) is 11.4 Å². The summed E-state index contributed by atoms with van der Waals surface area (Å²) in [6, 6.07) is 58.9. The van der Waals surface area contributed by atoms with Crippen molar-refractivity contribution >= 4 is 93.7 Å². The van der Waals surface area contributed by atoms with Crippen molar-refractivity contribution in [2.24, 2.45) is 0 Å². The van der Waals surface area contributed by atoms with Gasteiger partial charge in [-0.3, -0.25) is 0 Å². The molecule has 334 valence electrons. The van der Waals surface area contributed by atoms with Crippen LogP contribution in [0.15, 0.2) is 152 Å². The first kappa shape index (κ1) is 41.1. The second kappa shape index (κ2) is 14.1. The van der Waals surface area contributed by atoms with Gasteiger partial charge in [-0.15, -0.1) is 11.3 Å². The highest BCUT2D eigenvalue weighted by molar-refractivity contribution is 7.25. The molecule has 0 amide bonds. The minimum absolute atomic E-state index is 0.102. The van der Waals surface area contributed by atoms with Gasteiger partial charge in [-0.05, 0) is 164 Å². The Morgan fingerprint density at radius 1 is 0.522 bits per heavy atom. The third kappa shape index (κ3) is 5.85. The number of hydrogen-bond donors (Lipinski definition) is 1. The number of aryl methyl sites for hydroxylation is 2. The number of nitrogens with one attached hydrogen (secondary N) is 1. The van der Waals surface area contributed by atoms with Gasteiger partial charge in [-0.25, -0.2) is 0 Å². The predicted octanol–water partition coefficient (Wildman–Crippen LogP) is 16.4. The zero-order chi connectivity index (χ0) is 46.9. The number of rotatable bonds is 4. The van der Waals surface area contributed by atoms with E-state index in [2.05, 4.69) is 217 Å². The highest BCUT2D eigenvalue weighted by atomic mass is 32.1. The van der Waals surface area contributed by atoms with Crippen molar-refractivity contribution in [3.63, 3.8) is 0 Å². The fraction of sp³-hybridized carbons (Fsp3) is 0.200. The number of thiophene rings is 1. The summed E-state index contributed by atoms with van der Waals surface area (Å²) < 4.78 is 5.28. The van der Waals surface area contributed by atoms with Crippen molar-refractivity contribution in [1.29, 1.82) is 0 Å². The molecule has 0 atom stereocenters. The molecule has 14 rings (SSSR count). The zero-order valence-corrected chi connectivity index (χ0v) is 41.7. The van der Waals surface area contributed by atoms with Gasteiger partial charge in [0, 0.05) is 64.5 Å². The van der Waals surface area contributed by atoms with E-state index < -0.39 is 0 Å². The van der Waals surface area contributed by atoms with E-state index in [-0.39, 0.29) is 16.2 Å². The van der Waals surface area contributed by atoms with Gasteiger partial charge in [-0.2, -0.15) is 0 Å². The number of hydrogen-bond acceptors (Lipinski definition) is 2. The van der Waals surface area contributed by atoms with E-state index in [4.69, 9.17) is 0 Å². The summed E-state index contributed by atoms with van der Waals surface area (Å²) in [7, 11) is 0.840. The van der Waals surface area contributed by atoms with Crippen LogP contribution >= 0.6 is 11.3 Å². The lowest BCUT2D eigenvalue weighted by Gasteiger charge is -2.42. The molecule has 0 bridgehead atoms. The van der Waals surface area contributed by atoms with Crippen molar-refractivity contribution in [1.82, 2.24) is 4.57 Å². The smallest absolute Gasteiger partial charge is 0.198 e. The van der Waals surface area contributed by atoms with Gasteiger partial charge in [0.15, 0.2) is 7.28 Å². The number of nitrogens with zero attached hydrogens (tertiary/aromatic N) is 1. The van der Waals surface area contributed by atoms with Crippen LogP contribution in [-0.2, 0) is 16.2 Å². The molecule has 2 nitrogen and oxygen atoms in total. The van der Waals surface area contributed by atoms with Gasteiger partial charge in [0.25, 0.3) is 0 Å². The normalized spacial score (nSPS) is 15.9. The molecular weight excluding hydrogens is 852 g/mol. The maximum atomic E-state index is 4.08. The molecule has 0 saturated heterocycles. The molecule has 0 radical (unpaired) electrons. The Balaban J connectivity index is 1.13. The summed E-state index contributed by atoms with van der Waals surface area (Å²) in [5, 5.41) is 12.0. The summed E-state index contributed by atoms with van der Waals surface area (Å²) >= 11 is 1.90. The first-order valence-electron chi connectivity index (χ1n) is 25.0. The van der Waals surface area contributed by atoms with Crippen molar-refractivity contribution < 1.29 is 0 Å². The highest BCUT2D eigenvalue weighted by Crippen LogP contribution is 2.57. The molecule has 1 N–H and O–H groups in total. The van der Waals surface area contributed by atoms with Gasteiger partial charge >= 0.3 is 0 Å². The van der Waals surface area contributed by atoms with E-state index in [1.54, 1.807) is 0 Å². The maximum absolute atomic E-state index is 4.08. The van der Waals surface area contributed by atoms with Crippen LogP contribution < -0.4 is 16.2 Å². The Morgan fingerprint density at radius 3 is 2.01 bits per heavy atom. The van der Waals surface area contributed by atoms with Gasteiger partial charge in [-0.1, -0.05) is 149 Å². The molecule has 2 aliphatic carbocycles. The van der Waals surface area contributed by atoms with Gasteiger partial charge in [0.1, 0.15) is 0 Å². The zero-order valence-electron chi connectivity index (χ0n) is 40.9. The Bertz CT molecular complexity index is 4060. The molecule has 4 heteroatoms. The summed E-state index contributed by atoms with van der Waals surface area (Å²) in [5.41, 5.74) is 25.1. The molecule has 11 aromatic rings. The molecule has 0 spiro atoms. The summed E-state index contributed by atoms with van der Waals surface area (Å²) in [4.78, 5) is 0. The van der Waals surface area contributed by atoms with Gasteiger partial charge < -0.3 is 9.88 Å². The molecule has 1 aliphatic heterocycles. The molecule has 3 aliphatic rings. The summed E-state index contributed by atoms with van der Waals surface area (Å²) in [6.45, 7) is 19.2. The molecule has 0 saturated carbocycles. The minimum atomic E-state index is -0.188. The molecule has 0 fully saturated rings. The Hall–Kier alpha value is -6.88. The fourth-order valence-electron chi connectivity index (χ4n) is 13.1. The first-order chi connectivity index (χ1) is 33.2. The lowest BCUT2D eigenvalue weighted by molar-refractivity contribution is 0.331. The average Bonchev–Trinajstić information content (AvgIpc) is 3.96. The van der Waals surface area contributed by atoms with E-state index in [9.17, 15) is 0 Å². The number of fused-ring (bicyclic) bond motifs is 14. The predicted molar refractivity (Wildman–Crippen MR) is 301 cm³/mol. The van der Waals surface area contributed by atoms with Crippen LogP contribution in [0.1, 0.15) is 87.8 Å². The van der Waals surface area contributed by atoms with E-state index in [1.807, 2.05) is 11.3 Å². The molecule has 0 unspecified atom stereocenters. The third-order valence-corrected chi connectivity index (χ3v) is 18.1. The number of benzene rings is 9. The van der Waals surface area contributed by atoms with Crippen molar-refractivity contribution in [2.45, 2.75) is 84.5 Å². The first-order valence-corrected chi connectivity index (χ1v) is 25.8. The molecule has 9 aromatic carbocycles. The Labute approximate surface area is 409 Å². The number of aromatic nitrogens is 1. The molecule has 69 heavy (non-hydrogen) atoms. The van der Waals surface area contributed by atoms with E-state index in [1.165, 1.54) is 149 Å². The topological polar surface area (TPSA) is 17.0 Å². The Morgan fingerprint density at radius 2 is 1.20 bits per heavy atom. The van der Waals surface area contributed by atoms with E-state index in [0.29, 0.717) is 0 Å². The largest absolute Gasteiger partial charge is 0.355 e. The average molecular weight is 907 g/mol. The monoisotopic (exact) mass is 906 g/mol. The number of anilines is 2. The second-order valence-electron chi connectivity index (χ2n) is 22.6. The minimum Gasteiger partial charge on any atom is -0.355 e. The standard InChI is InChI=1S/C65H55BN2S/c1-36-17-22-40(23-18-36)67-54-35-50-45(46-33-51-52(34-49(46)65(50,7)8)64(5,6)28-27-63(51,3)4)32-47(54)48-31-44(39-20-24-43-42-15-11-12-16-57(42)69-58(43)30-39)60-59-41-14-10-9-13-38(41)21-26-56(59)68-55-25-19-37(2)29-53(55)66-61(48)62(60)68/h9-26,29-35,66-67H,27-28H2,1-8H3. The molecular formula is C65H55BN2S. The second-order valence-corrected chi connectivity index (χ2v) is 23.7. The van der Waals surface area contributed by atoms with E-state index in [0.717, 1.165) is 18.7 Å². The lowest BCUT2D eigenvalue weighted by Crippen LogP contribution is -2.37. The van der Waals surface area contributed by atoms with E-state index >= 15 is 0 Å². The van der Waals surface area contributed by atoms with Crippen molar-refractivity contribution in [3.05, 3.63) is 185 Å². The third-order valence-electron chi connectivity index (χ3n) is 17.0. The summed E-state index contributed by atoms with van der Waals surface area (Å²) in [5.74, 6) is 0. The van der Waals surface area contributed by atoms with Crippen LogP contribution in [0.3, 0.4) is 0 Å². The van der Waals surface area contributed by atoms with Crippen LogP contribution in [0.5, 0.6) is 0 Å². The lowest BCUT2D eigenvalue weighted by atomic mass is 9.58. The van der Waals surface area contributed by atoms with Crippen LogP contribution in [0, 0.1) is 13.8 Å². The van der Waals surface area contributed by atoms with Crippen LogP contribution in [0.2, 0.25) is 0 Å².